The molecule has 88 valence electrons. The smallest absolute Gasteiger partial charge is 0.254 e. The number of amides is 1. The molecule has 0 bridgehead atoms. The Kier molecular flexibility index (Phi) is 3.55. The molecule has 0 fully saturated rings. The summed E-state index contributed by atoms with van der Waals surface area (Å²) in [7, 11) is 0. The fraction of sp³-hybridized carbons (Fsp3) is 0.154. The van der Waals surface area contributed by atoms with Gasteiger partial charge in [0.25, 0.3) is 5.91 Å². The first-order valence-corrected chi connectivity index (χ1v) is 5.30. The molecule has 0 aliphatic carbocycles. The molecule has 0 saturated heterocycles. The lowest BCUT2D eigenvalue weighted by molar-refractivity contribution is 0.0953. The molecule has 0 unspecified atom stereocenters. The second kappa shape index (κ2) is 5.30. The van der Waals surface area contributed by atoms with E-state index in [9.17, 15) is 9.18 Å². The molecule has 0 spiro atoms. The van der Waals surface area contributed by atoms with Gasteiger partial charge in [-0.2, -0.15) is 0 Å². The number of carbonyl (C=O) groups is 1. The maximum Gasteiger partial charge on any atom is 0.254 e. The van der Waals surface area contributed by atoms with Crippen molar-refractivity contribution < 1.29 is 13.6 Å². The highest BCUT2D eigenvalue weighted by atomic mass is 19.1. The Morgan fingerprint density at radius 1 is 1.24 bits per heavy atom. The number of nitrogens with one attached hydrogen (secondary N) is 1. The maximum atomic E-state index is 12.6. The average molecular weight is 233 g/mol. The molecular weight excluding hydrogens is 221 g/mol. The van der Waals surface area contributed by atoms with Gasteiger partial charge < -0.3 is 9.73 Å². The molecule has 0 saturated carbocycles. The van der Waals surface area contributed by atoms with Crippen LogP contribution in [-0.4, -0.2) is 12.5 Å². The van der Waals surface area contributed by atoms with Crippen LogP contribution in [-0.2, 0) is 6.42 Å². The molecule has 0 radical (unpaired) electrons. The van der Waals surface area contributed by atoms with Crippen LogP contribution >= 0.6 is 0 Å². The second-order valence-corrected chi connectivity index (χ2v) is 3.64. The highest BCUT2D eigenvalue weighted by Gasteiger charge is 2.05. The van der Waals surface area contributed by atoms with Crippen molar-refractivity contribution >= 4 is 5.91 Å². The molecule has 17 heavy (non-hydrogen) atoms. The Hall–Kier alpha value is -2.10. The first-order valence-electron chi connectivity index (χ1n) is 5.30. The fourth-order valence-electron chi connectivity index (χ4n) is 1.47. The van der Waals surface area contributed by atoms with Crippen LogP contribution in [0.4, 0.5) is 4.39 Å². The third-order valence-corrected chi connectivity index (χ3v) is 2.40. The third-order valence-electron chi connectivity index (χ3n) is 2.40. The number of hydrogen-bond acceptors (Lipinski definition) is 2. The van der Waals surface area contributed by atoms with Gasteiger partial charge in [0, 0.05) is 6.54 Å². The van der Waals surface area contributed by atoms with Crippen LogP contribution in [0.3, 0.4) is 0 Å². The van der Waals surface area contributed by atoms with Crippen molar-refractivity contribution in [2.75, 3.05) is 6.54 Å². The van der Waals surface area contributed by atoms with Crippen LogP contribution in [0, 0.1) is 5.82 Å². The van der Waals surface area contributed by atoms with E-state index in [0.29, 0.717) is 18.5 Å². The molecule has 2 aromatic rings. The molecule has 4 heteroatoms. The number of rotatable bonds is 4. The predicted molar refractivity (Wildman–Crippen MR) is 61.1 cm³/mol. The highest BCUT2D eigenvalue weighted by Crippen LogP contribution is 2.03. The van der Waals surface area contributed by atoms with E-state index < -0.39 is 0 Å². The van der Waals surface area contributed by atoms with Gasteiger partial charge in [0.1, 0.15) is 12.1 Å². The molecule has 1 amide bonds. The standard InChI is InChI=1S/C13H12FNO2/c14-12-3-1-10(2-4-12)5-7-15-13(16)11-6-8-17-9-11/h1-4,6,8-9H,5,7H2,(H,15,16). The van der Waals surface area contributed by atoms with Crippen molar-refractivity contribution in [1.82, 2.24) is 5.32 Å². The minimum absolute atomic E-state index is 0.166. The number of carbonyl (C=O) groups excluding carboxylic acids is 1. The van der Waals surface area contributed by atoms with Crippen LogP contribution < -0.4 is 5.32 Å². The zero-order chi connectivity index (χ0) is 12.1. The Morgan fingerprint density at radius 3 is 2.65 bits per heavy atom. The predicted octanol–water partition coefficient (Wildman–Crippen LogP) is 2.39. The number of halogens is 1. The molecule has 2 rings (SSSR count). The number of furan rings is 1. The van der Waals surface area contributed by atoms with Gasteiger partial charge in [-0.1, -0.05) is 12.1 Å². The summed E-state index contributed by atoms with van der Waals surface area (Å²) < 4.78 is 17.5. The Labute approximate surface area is 98.3 Å². The van der Waals surface area contributed by atoms with Crippen molar-refractivity contribution in [3.63, 3.8) is 0 Å². The van der Waals surface area contributed by atoms with Crippen molar-refractivity contribution in [3.8, 4) is 0 Å². The first-order chi connectivity index (χ1) is 8.25. The second-order valence-electron chi connectivity index (χ2n) is 3.64. The number of hydrogen-bond donors (Lipinski definition) is 1. The van der Waals surface area contributed by atoms with Gasteiger partial charge in [0.2, 0.25) is 0 Å². The molecule has 0 aliphatic heterocycles. The van der Waals surface area contributed by atoms with Crippen LogP contribution in [0.25, 0.3) is 0 Å². The molecule has 3 nitrogen and oxygen atoms in total. The largest absolute Gasteiger partial charge is 0.472 e. The van der Waals surface area contributed by atoms with Crippen molar-refractivity contribution in [3.05, 3.63) is 59.8 Å². The lowest BCUT2D eigenvalue weighted by atomic mass is 10.1. The fourth-order valence-corrected chi connectivity index (χ4v) is 1.47. The zero-order valence-electron chi connectivity index (χ0n) is 9.15. The first kappa shape index (κ1) is 11.4. The minimum Gasteiger partial charge on any atom is -0.472 e. The van der Waals surface area contributed by atoms with E-state index in [0.717, 1.165) is 5.56 Å². The third kappa shape index (κ3) is 3.17. The molecule has 1 N–H and O–H groups in total. The lowest BCUT2D eigenvalue weighted by Crippen LogP contribution is -2.25. The quantitative estimate of drug-likeness (QED) is 0.881. The summed E-state index contributed by atoms with van der Waals surface area (Å²) in [5, 5.41) is 2.76. The van der Waals surface area contributed by atoms with E-state index in [1.165, 1.54) is 24.7 Å². The molecule has 0 atom stereocenters. The summed E-state index contributed by atoms with van der Waals surface area (Å²) in [6.45, 7) is 0.510. The van der Waals surface area contributed by atoms with Gasteiger partial charge in [0.05, 0.1) is 11.8 Å². The summed E-state index contributed by atoms with van der Waals surface area (Å²) in [5.74, 6) is -0.419. The Balaban J connectivity index is 1.80. The molecule has 1 heterocycles. The van der Waals surface area contributed by atoms with E-state index in [-0.39, 0.29) is 11.7 Å². The van der Waals surface area contributed by atoms with Crippen molar-refractivity contribution in [2.24, 2.45) is 0 Å². The van der Waals surface area contributed by atoms with Crippen LogP contribution in [0.1, 0.15) is 15.9 Å². The van der Waals surface area contributed by atoms with Gasteiger partial charge in [-0.3, -0.25) is 4.79 Å². The molecule has 0 aliphatic rings. The Bertz CT molecular complexity index is 477. The Morgan fingerprint density at radius 2 is 2.00 bits per heavy atom. The van der Waals surface area contributed by atoms with Gasteiger partial charge in [-0.25, -0.2) is 4.39 Å². The SMILES string of the molecule is O=C(NCCc1ccc(F)cc1)c1ccoc1. The van der Waals surface area contributed by atoms with E-state index in [2.05, 4.69) is 5.32 Å². The van der Waals surface area contributed by atoms with E-state index in [1.807, 2.05) is 0 Å². The van der Waals surface area contributed by atoms with Crippen LogP contribution in [0.15, 0.2) is 47.3 Å². The maximum absolute atomic E-state index is 12.6. The summed E-state index contributed by atoms with van der Waals surface area (Å²) in [5.41, 5.74) is 1.49. The lowest BCUT2D eigenvalue weighted by Gasteiger charge is -2.03. The van der Waals surface area contributed by atoms with Crippen molar-refractivity contribution in [1.29, 1.82) is 0 Å². The van der Waals surface area contributed by atoms with E-state index in [1.54, 1.807) is 18.2 Å². The molecule has 1 aromatic carbocycles. The van der Waals surface area contributed by atoms with Crippen molar-refractivity contribution in [2.45, 2.75) is 6.42 Å². The molecule has 1 aromatic heterocycles. The highest BCUT2D eigenvalue weighted by molar-refractivity contribution is 5.93. The topological polar surface area (TPSA) is 42.2 Å². The van der Waals surface area contributed by atoms with E-state index in [4.69, 9.17) is 4.42 Å². The van der Waals surface area contributed by atoms with E-state index >= 15 is 0 Å². The number of benzene rings is 1. The van der Waals surface area contributed by atoms with Gasteiger partial charge in [-0.05, 0) is 30.2 Å². The summed E-state index contributed by atoms with van der Waals surface area (Å²) in [4.78, 5) is 11.5. The van der Waals surface area contributed by atoms with Crippen LogP contribution in [0.2, 0.25) is 0 Å². The average Bonchev–Trinajstić information content (AvgIpc) is 2.85. The molecular formula is C13H12FNO2. The van der Waals surface area contributed by atoms with Crippen LogP contribution in [0.5, 0.6) is 0 Å². The zero-order valence-corrected chi connectivity index (χ0v) is 9.15. The normalized spacial score (nSPS) is 10.2. The van der Waals surface area contributed by atoms with Gasteiger partial charge in [0.15, 0.2) is 0 Å². The summed E-state index contributed by atoms with van der Waals surface area (Å²) >= 11 is 0. The minimum atomic E-state index is -0.254. The monoisotopic (exact) mass is 233 g/mol. The van der Waals surface area contributed by atoms with Gasteiger partial charge >= 0.3 is 0 Å². The summed E-state index contributed by atoms with van der Waals surface area (Å²) in [6.07, 6.45) is 3.52. The summed E-state index contributed by atoms with van der Waals surface area (Å²) in [6, 6.07) is 7.84. The van der Waals surface area contributed by atoms with Gasteiger partial charge in [-0.15, -0.1) is 0 Å².